The van der Waals surface area contributed by atoms with E-state index in [1.165, 1.54) is 0 Å². The lowest BCUT2D eigenvalue weighted by Crippen LogP contribution is -2.13. The molecule has 1 amide bonds. The number of aromatic nitrogens is 1. The summed E-state index contributed by atoms with van der Waals surface area (Å²) in [6.07, 6.45) is 0.500. The summed E-state index contributed by atoms with van der Waals surface area (Å²) in [5.41, 5.74) is 3.06. The second kappa shape index (κ2) is 6.54. The molecule has 4 nitrogen and oxygen atoms in total. The lowest BCUT2D eigenvalue weighted by molar-refractivity contribution is -0.116. The highest BCUT2D eigenvalue weighted by Gasteiger charge is 2.11. The molecular formula is C18H17BrN2O2. The van der Waals surface area contributed by atoms with E-state index in [1.807, 2.05) is 56.3 Å². The molecular weight excluding hydrogens is 356 g/mol. The first-order valence-electron chi connectivity index (χ1n) is 7.47. The van der Waals surface area contributed by atoms with Gasteiger partial charge in [-0.05, 0) is 42.3 Å². The molecule has 23 heavy (non-hydrogen) atoms. The van der Waals surface area contributed by atoms with Gasteiger partial charge in [0.25, 0.3) is 0 Å². The fourth-order valence-electron chi connectivity index (χ4n) is 2.33. The van der Waals surface area contributed by atoms with Gasteiger partial charge in [0.15, 0.2) is 5.58 Å². The Morgan fingerprint density at radius 1 is 1.26 bits per heavy atom. The number of anilines is 1. The minimum absolute atomic E-state index is 0.00931. The molecule has 0 aliphatic heterocycles. The van der Waals surface area contributed by atoms with E-state index < -0.39 is 0 Å². The maximum Gasteiger partial charge on any atom is 0.227 e. The smallest absolute Gasteiger partial charge is 0.227 e. The molecule has 0 aliphatic rings. The highest BCUT2D eigenvalue weighted by Crippen LogP contribution is 2.27. The van der Waals surface area contributed by atoms with Gasteiger partial charge in [0, 0.05) is 22.1 Å². The molecule has 0 aliphatic carbocycles. The van der Waals surface area contributed by atoms with Crippen molar-refractivity contribution >= 4 is 38.6 Å². The Hall–Kier alpha value is -2.14. The average molecular weight is 373 g/mol. The van der Waals surface area contributed by atoms with Gasteiger partial charge in [-0.15, -0.1) is 0 Å². The van der Waals surface area contributed by atoms with Crippen LogP contribution in [0, 0.1) is 5.92 Å². The quantitative estimate of drug-likeness (QED) is 0.680. The topological polar surface area (TPSA) is 55.1 Å². The van der Waals surface area contributed by atoms with Crippen molar-refractivity contribution in [2.75, 3.05) is 5.32 Å². The molecule has 1 aromatic heterocycles. The van der Waals surface area contributed by atoms with Crippen LogP contribution < -0.4 is 5.32 Å². The highest BCUT2D eigenvalue weighted by molar-refractivity contribution is 9.10. The van der Waals surface area contributed by atoms with Crippen molar-refractivity contribution in [1.82, 2.24) is 4.98 Å². The molecule has 0 spiro atoms. The molecule has 0 fully saturated rings. The Labute approximate surface area is 143 Å². The van der Waals surface area contributed by atoms with Crippen LogP contribution in [0.4, 0.5) is 5.69 Å². The van der Waals surface area contributed by atoms with Crippen molar-refractivity contribution < 1.29 is 9.21 Å². The zero-order valence-electron chi connectivity index (χ0n) is 13.0. The molecule has 1 N–H and O–H groups in total. The van der Waals surface area contributed by atoms with E-state index in [2.05, 4.69) is 26.2 Å². The summed E-state index contributed by atoms with van der Waals surface area (Å²) in [5, 5.41) is 2.90. The Kier molecular flexibility index (Phi) is 4.48. The molecule has 0 bridgehead atoms. The summed E-state index contributed by atoms with van der Waals surface area (Å²) in [7, 11) is 0. The standard InChI is InChI=1S/C18H17BrN2O2/c1-11(2)8-17(22)20-14-6-7-16-15(10-14)21-18(23-16)12-4-3-5-13(19)9-12/h3-7,9-11H,8H2,1-2H3,(H,20,22). The van der Waals surface area contributed by atoms with Crippen LogP contribution in [0.5, 0.6) is 0 Å². The van der Waals surface area contributed by atoms with E-state index in [0.717, 1.165) is 21.2 Å². The number of nitrogens with zero attached hydrogens (tertiary/aromatic N) is 1. The summed E-state index contributed by atoms with van der Waals surface area (Å²) >= 11 is 3.44. The number of benzene rings is 2. The number of nitrogens with one attached hydrogen (secondary N) is 1. The number of amides is 1. The normalized spacial score (nSPS) is 11.1. The van der Waals surface area contributed by atoms with Crippen LogP contribution in [0.3, 0.4) is 0 Å². The largest absolute Gasteiger partial charge is 0.436 e. The maximum absolute atomic E-state index is 11.9. The number of rotatable bonds is 4. The van der Waals surface area contributed by atoms with E-state index in [1.54, 1.807) is 0 Å². The van der Waals surface area contributed by atoms with Crippen molar-refractivity contribution in [3.05, 3.63) is 46.9 Å². The fraction of sp³-hybridized carbons (Fsp3) is 0.222. The lowest BCUT2D eigenvalue weighted by atomic mass is 10.1. The van der Waals surface area contributed by atoms with E-state index in [4.69, 9.17) is 4.42 Å². The first-order valence-corrected chi connectivity index (χ1v) is 8.27. The van der Waals surface area contributed by atoms with E-state index in [-0.39, 0.29) is 5.91 Å². The minimum Gasteiger partial charge on any atom is -0.436 e. The number of oxazole rings is 1. The molecule has 2 aromatic carbocycles. The molecule has 5 heteroatoms. The van der Waals surface area contributed by atoms with Crippen molar-refractivity contribution in [3.63, 3.8) is 0 Å². The predicted octanol–water partition coefficient (Wildman–Crippen LogP) is 5.24. The number of fused-ring (bicyclic) bond motifs is 1. The van der Waals surface area contributed by atoms with Gasteiger partial charge in [0.05, 0.1) is 0 Å². The van der Waals surface area contributed by atoms with E-state index in [0.29, 0.717) is 23.8 Å². The number of hydrogen-bond acceptors (Lipinski definition) is 3. The Bertz CT molecular complexity index is 855. The number of halogens is 1. The van der Waals surface area contributed by atoms with Gasteiger partial charge in [-0.25, -0.2) is 4.98 Å². The van der Waals surface area contributed by atoms with Crippen molar-refractivity contribution in [2.45, 2.75) is 20.3 Å². The van der Waals surface area contributed by atoms with Gasteiger partial charge in [-0.3, -0.25) is 4.79 Å². The predicted molar refractivity (Wildman–Crippen MR) is 95.2 cm³/mol. The van der Waals surface area contributed by atoms with Crippen LogP contribution in [-0.4, -0.2) is 10.9 Å². The summed E-state index contributed by atoms with van der Waals surface area (Å²) in [6.45, 7) is 4.04. The van der Waals surface area contributed by atoms with Gasteiger partial charge in [0.2, 0.25) is 11.8 Å². The Morgan fingerprint density at radius 3 is 2.83 bits per heavy atom. The third kappa shape index (κ3) is 3.79. The first kappa shape index (κ1) is 15.7. The van der Waals surface area contributed by atoms with E-state index >= 15 is 0 Å². The van der Waals surface area contributed by atoms with Gasteiger partial charge in [0.1, 0.15) is 5.52 Å². The minimum atomic E-state index is 0.00931. The van der Waals surface area contributed by atoms with E-state index in [9.17, 15) is 4.79 Å². The summed E-state index contributed by atoms with van der Waals surface area (Å²) < 4.78 is 6.76. The molecule has 3 rings (SSSR count). The molecule has 3 aromatic rings. The second-order valence-corrected chi connectivity index (χ2v) is 6.77. The lowest BCUT2D eigenvalue weighted by Gasteiger charge is -2.06. The third-order valence-corrected chi connectivity index (χ3v) is 3.83. The molecule has 0 radical (unpaired) electrons. The fourth-order valence-corrected chi connectivity index (χ4v) is 2.73. The Balaban J connectivity index is 1.87. The number of carbonyl (C=O) groups is 1. The molecule has 0 unspecified atom stereocenters. The van der Waals surface area contributed by atoms with Crippen LogP contribution in [0.1, 0.15) is 20.3 Å². The van der Waals surface area contributed by atoms with Gasteiger partial charge < -0.3 is 9.73 Å². The summed E-state index contributed by atoms with van der Waals surface area (Å²) in [4.78, 5) is 16.4. The zero-order valence-corrected chi connectivity index (χ0v) is 14.6. The molecule has 0 saturated heterocycles. The van der Waals surface area contributed by atoms with Crippen molar-refractivity contribution in [2.24, 2.45) is 5.92 Å². The summed E-state index contributed by atoms with van der Waals surface area (Å²) in [6, 6.07) is 13.3. The monoisotopic (exact) mass is 372 g/mol. The van der Waals surface area contributed by atoms with Crippen LogP contribution in [-0.2, 0) is 4.79 Å². The number of carbonyl (C=O) groups excluding carboxylic acids is 1. The molecule has 0 saturated carbocycles. The van der Waals surface area contributed by atoms with Gasteiger partial charge in [-0.2, -0.15) is 0 Å². The zero-order chi connectivity index (χ0) is 16.4. The SMILES string of the molecule is CC(C)CC(=O)Nc1ccc2oc(-c3cccc(Br)c3)nc2c1. The molecule has 0 atom stereocenters. The van der Waals surface area contributed by atoms with Gasteiger partial charge >= 0.3 is 0 Å². The molecule has 118 valence electrons. The van der Waals surface area contributed by atoms with Crippen molar-refractivity contribution in [3.8, 4) is 11.5 Å². The van der Waals surface area contributed by atoms with Crippen LogP contribution >= 0.6 is 15.9 Å². The average Bonchev–Trinajstić information content (AvgIpc) is 2.89. The highest BCUT2D eigenvalue weighted by atomic mass is 79.9. The van der Waals surface area contributed by atoms with Gasteiger partial charge in [-0.1, -0.05) is 35.8 Å². The number of hydrogen-bond donors (Lipinski definition) is 1. The third-order valence-electron chi connectivity index (χ3n) is 3.34. The van der Waals surface area contributed by atoms with Crippen LogP contribution in [0.15, 0.2) is 51.4 Å². The Morgan fingerprint density at radius 2 is 2.09 bits per heavy atom. The second-order valence-electron chi connectivity index (χ2n) is 5.86. The summed E-state index contributed by atoms with van der Waals surface area (Å²) in [5.74, 6) is 0.899. The first-order chi connectivity index (χ1) is 11.0. The van der Waals surface area contributed by atoms with Crippen molar-refractivity contribution in [1.29, 1.82) is 0 Å². The molecule has 1 heterocycles. The van der Waals surface area contributed by atoms with Crippen LogP contribution in [0.25, 0.3) is 22.6 Å². The maximum atomic E-state index is 11.9. The van der Waals surface area contributed by atoms with Crippen LogP contribution in [0.2, 0.25) is 0 Å².